The number of hydrogen-bond acceptors (Lipinski definition) is 13. The third kappa shape index (κ3) is 5.79. The zero-order chi connectivity index (χ0) is 39.5. The Hall–Kier alpha value is -6.75. The molecule has 2 aliphatic carbocycles. The number of phenolic OH excluding ortho intramolecular Hbond substituents is 2. The van der Waals surface area contributed by atoms with Crippen molar-refractivity contribution < 1.29 is 53.9 Å². The maximum Gasteiger partial charge on any atom is 0.514 e. The molecule has 7 rings (SSSR count). The first-order chi connectivity index (χ1) is 26.2. The Balaban J connectivity index is 1.38. The van der Waals surface area contributed by atoms with Gasteiger partial charge in [0.15, 0.2) is 28.8 Å². The van der Waals surface area contributed by atoms with Gasteiger partial charge in [-0.15, -0.1) is 0 Å². The Bertz CT molecular complexity index is 2430. The van der Waals surface area contributed by atoms with E-state index in [1.165, 1.54) is 43.3 Å². The molecule has 1 fully saturated rings. The molecule has 0 aromatic heterocycles. The number of ether oxygens (including phenoxy) is 2. The topological polar surface area (TPSA) is 264 Å². The number of aliphatic hydroxyl groups is 2. The number of nitrogens with two attached hydrogens (primary N) is 2. The number of aromatic hydroxyl groups is 2. The van der Waals surface area contributed by atoms with Crippen molar-refractivity contribution in [1.29, 1.82) is 0 Å². The van der Waals surface area contributed by atoms with Gasteiger partial charge in [-0.05, 0) is 49.8 Å². The first-order valence-corrected chi connectivity index (χ1v) is 16.9. The first-order valence-electron chi connectivity index (χ1n) is 16.9. The summed E-state index contributed by atoms with van der Waals surface area (Å²) in [6.45, 7) is 0. The number of Topliss-reactive ketones (excluding diaryl/α,β-unsaturated/α-hetero) is 2. The number of para-hydroxylation sites is 1. The summed E-state index contributed by atoms with van der Waals surface area (Å²) in [5, 5.41) is 54.1. The number of nitrogens with zero attached hydrogens (tertiary/aromatic N) is 1. The van der Waals surface area contributed by atoms with Crippen molar-refractivity contribution in [1.82, 2.24) is 4.90 Å². The van der Waals surface area contributed by atoms with Crippen molar-refractivity contribution in [3.8, 4) is 17.2 Å². The number of primary amides is 1. The molecule has 10 N–H and O–H groups in total. The third-order valence-corrected chi connectivity index (χ3v) is 10.2. The number of ketones is 2. The van der Waals surface area contributed by atoms with E-state index < -0.39 is 87.8 Å². The fraction of sp³-hybridized carbons (Fsp3) is 0.205. The minimum atomic E-state index is -3.13. The highest BCUT2D eigenvalue weighted by atomic mass is 16.7. The van der Waals surface area contributed by atoms with E-state index in [0.29, 0.717) is 5.69 Å². The zero-order valence-electron chi connectivity index (χ0n) is 29.2. The molecule has 0 saturated heterocycles. The molecule has 3 amide bonds. The molecule has 0 radical (unpaired) electrons. The number of phenols is 2. The summed E-state index contributed by atoms with van der Waals surface area (Å²) in [5.41, 5.74) is 7.97. The predicted molar refractivity (Wildman–Crippen MR) is 198 cm³/mol. The molecular weight excluding hydrogens is 714 g/mol. The fourth-order valence-corrected chi connectivity index (χ4v) is 7.82. The summed E-state index contributed by atoms with van der Waals surface area (Å²) in [4.78, 5) is 68.2. The number of fused-ring (bicyclic) bond motifs is 4. The lowest BCUT2D eigenvalue weighted by Gasteiger charge is -2.53. The number of carbonyl (C=O) groups is 5. The van der Waals surface area contributed by atoms with E-state index in [2.05, 4.69) is 10.6 Å². The summed E-state index contributed by atoms with van der Waals surface area (Å²) < 4.78 is 11.1. The average Bonchev–Trinajstić information content (AvgIpc) is 3.14. The number of nitrogen functional groups attached to an aromatic ring is 1. The van der Waals surface area contributed by atoms with Crippen molar-refractivity contribution in [2.24, 2.45) is 17.6 Å². The predicted octanol–water partition coefficient (Wildman–Crippen LogP) is 3.46. The minimum absolute atomic E-state index is 0.0383. The van der Waals surface area contributed by atoms with Crippen LogP contribution in [-0.2, 0) is 19.1 Å². The van der Waals surface area contributed by atoms with Crippen LogP contribution in [0.15, 0.2) is 84.9 Å². The molecule has 2 unspecified atom stereocenters. The van der Waals surface area contributed by atoms with Gasteiger partial charge in [-0.1, -0.05) is 54.6 Å². The molecule has 0 heterocycles. The summed E-state index contributed by atoms with van der Waals surface area (Å²) in [6.07, 6.45) is -5.73. The summed E-state index contributed by atoms with van der Waals surface area (Å²) in [5.74, 6) is -9.69. The van der Waals surface area contributed by atoms with Crippen molar-refractivity contribution in [3.05, 3.63) is 96.1 Å². The number of hydrogen-bond donors (Lipinski definition) is 8. The molecule has 2 aliphatic rings. The zero-order valence-corrected chi connectivity index (χ0v) is 29.2. The third-order valence-electron chi connectivity index (χ3n) is 10.2. The fourth-order valence-electron chi connectivity index (χ4n) is 7.82. The number of urea groups is 1. The van der Waals surface area contributed by atoms with E-state index in [1.807, 2.05) is 24.3 Å². The lowest BCUT2D eigenvalue weighted by atomic mass is 9.56. The van der Waals surface area contributed by atoms with Gasteiger partial charge in [0.05, 0.1) is 28.7 Å². The largest absolute Gasteiger partial charge is 0.514 e. The molecule has 1 saturated carbocycles. The smallest absolute Gasteiger partial charge is 0.507 e. The van der Waals surface area contributed by atoms with Gasteiger partial charge < -0.3 is 52.0 Å². The molecule has 0 bridgehead atoms. The molecule has 5 aromatic rings. The highest BCUT2D eigenvalue weighted by Gasteiger charge is 2.70. The van der Waals surface area contributed by atoms with Crippen LogP contribution >= 0.6 is 0 Å². The second-order valence-corrected chi connectivity index (χ2v) is 13.5. The number of nitrogens with one attached hydrogen (secondary N) is 2. The van der Waals surface area contributed by atoms with Gasteiger partial charge in [-0.25, -0.2) is 9.59 Å². The number of benzene rings is 5. The number of likely N-dealkylation sites (N-methyl/N-ethyl adjacent to an activating group) is 1. The van der Waals surface area contributed by atoms with E-state index in [-0.39, 0.29) is 28.1 Å². The van der Waals surface area contributed by atoms with E-state index in [9.17, 15) is 44.4 Å². The summed E-state index contributed by atoms with van der Waals surface area (Å²) >= 11 is 0. The van der Waals surface area contributed by atoms with Crippen molar-refractivity contribution >= 4 is 68.3 Å². The van der Waals surface area contributed by atoms with Gasteiger partial charge in [0.1, 0.15) is 23.7 Å². The van der Waals surface area contributed by atoms with Crippen LogP contribution in [0.5, 0.6) is 17.2 Å². The lowest BCUT2D eigenvalue weighted by Crippen LogP contribution is -2.71. The second kappa shape index (κ2) is 13.6. The Morgan fingerprint density at radius 1 is 0.818 bits per heavy atom. The van der Waals surface area contributed by atoms with Crippen LogP contribution in [-0.4, -0.2) is 80.7 Å². The van der Waals surface area contributed by atoms with Crippen LogP contribution in [0, 0.1) is 11.8 Å². The molecule has 6 atom stereocenters. The van der Waals surface area contributed by atoms with E-state index in [1.54, 1.807) is 36.4 Å². The molecule has 5 aromatic carbocycles. The van der Waals surface area contributed by atoms with E-state index in [0.717, 1.165) is 10.8 Å². The van der Waals surface area contributed by atoms with Crippen LogP contribution in [0.25, 0.3) is 21.5 Å². The Kier molecular flexibility index (Phi) is 9.04. The van der Waals surface area contributed by atoms with Gasteiger partial charge in [0.25, 0.3) is 0 Å². The number of rotatable bonds is 6. The standard InChI is InChI=1S/C39H35N5O11/c1-44(2)29-27-33(55-38(52)54-18-11-4-3-5-12-18)24-25(34(48)39(27,53)35(49)26(32(29)47)36(41)50)31(46)23-20(28(24)40)15-16-22(30(23)45)43-37(51)42-21-14-8-10-17-9-6-7-13-19(17)21/h3-16,26-27,29,33-34,45-46,48,53H,40H2,1-2H3,(H2,41,50)(H2,42,43,51)/t26?,27-,29+,33+,34?,39+/m1/s1. The van der Waals surface area contributed by atoms with Crippen molar-refractivity contribution in [2.75, 3.05) is 30.5 Å². The maximum atomic E-state index is 14.0. The molecule has 282 valence electrons. The average molecular weight is 750 g/mol. The number of anilines is 3. The number of amides is 3. The van der Waals surface area contributed by atoms with Gasteiger partial charge in [0.2, 0.25) is 5.91 Å². The summed E-state index contributed by atoms with van der Waals surface area (Å²) in [6, 6.07) is 20.5. The quantitative estimate of drug-likeness (QED) is 0.0309. The highest BCUT2D eigenvalue weighted by molar-refractivity contribution is 6.24. The lowest BCUT2D eigenvalue weighted by molar-refractivity contribution is -0.203. The monoisotopic (exact) mass is 749 g/mol. The van der Waals surface area contributed by atoms with Gasteiger partial charge in [0, 0.05) is 27.6 Å². The number of aliphatic hydroxyl groups excluding tert-OH is 1. The molecule has 16 nitrogen and oxygen atoms in total. The minimum Gasteiger partial charge on any atom is -0.507 e. The highest BCUT2D eigenvalue weighted by Crippen LogP contribution is 2.60. The van der Waals surface area contributed by atoms with Gasteiger partial charge in [-0.2, -0.15) is 0 Å². The van der Waals surface area contributed by atoms with Gasteiger partial charge >= 0.3 is 12.2 Å². The van der Waals surface area contributed by atoms with Crippen molar-refractivity contribution in [2.45, 2.75) is 23.9 Å². The van der Waals surface area contributed by atoms with Gasteiger partial charge in [-0.3, -0.25) is 19.3 Å². The molecule has 0 aliphatic heterocycles. The molecular formula is C39H35N5O11. The van der Waals surface area contributed by atoms with E-state index >= 15 is 0 Å². The molecule has 0 spiro atoms. The Morgan fingerprint density at radius 2 is 1.47 bits per heavy atom. The second-order valence-electron chi connectivity index (χ2n) is 13.5. The maximum absolute atomic E-state index is 14.0. The van der Waals surface area contributed by atoms with Crippen LogP contribution < -0.4 is 26.8 Å². The number of carbonyl (C=O) groups excluding carboxylic acids is 5. The van der Waals surface area contributed by atoms with Crippen molar-refractivity contribution in [3.63, 3.8) is 0 Å². The normalized spacial score (nSPS) is 23.2. The SMILES string of the molecule is CN(C)[C@@H]1C(=O)C(C(N)=O)C(=O)[C@@]2(O)C(O)c3c(c(N)c4ccc(NC(=O)Nc5cccc6ccccc56)c(O)c4c3O)[C@H](OC(=O)Oc3ccccc3)[C@@H]12. The van der Waals surface area contributed by atoms with Crippen LogP contribution in [0.1, 0.15) is 23.3 Å². The van der Waals surface area contributed by atoms with E-state index in [4.69, 9.17) is 20.9 Å². The molecule has 55 heavy (non-hydrogen) atoms. The first kappa shape index (κ1) is 36.6. The van der Waals surface area contributed by atoms with Crippen LogP contribution in [0.4, 0.5) is 26.7 Å². The van der Waals surface area contributed by atoms with Crippen LogP contribution in [0.3, 0.4) is 0 Å². The molecule has 16 heteroatoms. The Morgan fingerprint density at radius 3 is 2.16 bits per heavy atom. The Labute approximate surface area is 311 Å². The van der Waals surface area contributed by atoms with Crippen LogP contribution in [0.2, 0.25) is 0 Å². The summed E-state index contributed by atoms with van der Waals surface area (Å²) in [7, 11) is 2.78.